The van der Waals surface area contributed by atoms with Crippen molar-refractivity contribution >= 4 is 23.7 Å². The topological polar surface area (TPSA) is 12.0 Å². The molecule has 96 valence electrons. The van der Waals surface area contributed by atoms with Crippen LogP contribution in [0.4, 0.5) is 5.69 Å². The van der Waals surface area contributed by atoms with E-state index < -0.39 is 6.19 Å². The molecule has 0 saturated heterocycles. The van der Waals surface area contributed by atoms with Gasteiger partial charge < -0.3 is 5.09 Å². The van der Waals surface area contributed by atoms with E-state index in [1.807, 2.05) is 6.07 Å². The van der Waals surface area contributed by atoms with Crippen molar-refractivity contribution in [3.05, 3.63) is 30.3 Å². The van der Waals surface area contributed by atoms with Crippen molar-refractivity contribution in [2.24, 2.45) is 0 Å². The molecule has 0 radical (unpaired) electrons. The quantitative estimate of drug-likeness (QED) is 0.659. The molecule has 0 unspecified atom stereocenters. The molecule has 0 heterocycles. The lowest BCUT2D eigenvalue weighted by Gasteiger charge is -2.24. The van der Waals surface area contributed by atoms with Gasteiger partial charge in [0, 0.05) is 11.9 Å². The summed E-state index contributed by atoms with van der Waals surface area (Å²) in [4.78, 5) is 0. The molecule has 0 saturated carbocycles. The molecule has 0 amide bonds. The van der Waals surface area contributed by atoms with Crippen LogP contribution in [0.25, 0.3) is 0 Å². The second-order valence-corrected chi connectivity index (χ2v) is 9.52. The number of anilines is 1. The van der Waals surface area contributed by atoms with E-state index in [0.29, 0.717) is 0 Å². The van der Waals surface area contributed by atoms with E-state index in [1.54, 1.807) is 0 Å². The van der Waals surface area contributed by atoms with Gasteiger partial charge >= 0.3 is 0 Å². The Balaban J connectivity index is 2.65. The minimum absolute atomic E-state index is 1.19. The van der Waals surface area contributed by atoms with Gasteiger partial charge in [-0.15, -0.1) is 0 Å². The lowest BCUT2D eigenvalue weighted by molar-refractivity contribution is 0.868. The first kappa shape index (κ1) is 14.7. The van der Waals surface area contributed by atoms with Gasteiger partial charge in [0.15, 0.2) is 0 Å². The van der Waals surface area contributed by atoms with E-state index in [2.05, 4.69) is 43.2 Å². The van der Waals surface area contributed by atoms with Crippen molar-refractivity contribution in [3.63, 3.8) is 0 Å². The number of benzene rings is 1. The smallest absolute Gasteiger partial charge is 0.0377 e. The minimum atomic E-state index is -1.39. The number of hydrogen-bond donors (Lipinski definition) is 1. The van der Waals surface area contributed by atoms with E-state index >= 15 is 0 Å². The summed E-state index contributed by atoms with van der Waals surface area (Å²) in [7, 11) is 0. The van der Waals surface area contributed by atoms with Crippen LogP contribution in [0.1, 0.15) is 39.5 Å². The third-order valence-corrected chi connectivity index (χ3v) is 6.96. The van der Waals surface area contributed by atoms with Crippen molar-refractivity contribution in [2.75, 3.05) is 17.4 Å². The Morgan fingerprint density at radius 1 is 1.00 bits per heavy atom. The fourth-order valence-corrected chi connectivity index (χ4v) is 5.61. The molecule has 0 bridgehead atoms. The van der Waals surface area contributed by atoms with Crippen molar-refractivity contribution in [1.29, 1.82) is 0 Å². The van der Waals surface area contributed by atoms with Gasteiger partial charge in [-0.2, -0.15) is 0 Å². The fourth-order valence-electron chi connectivity index (χ4n) is 1.80. The molecule has 17 heavy (non-hydrogen) atoms. The average Bonchev–Trinajstić information content (AvgIpc) is 2.35. The Morgan fingerprint density at radius 3 is 2.00 bits per heavy atom. The minimum Gasteiger partial charge on any atom is -0.357 e. The zero-order chi connectivity index (χ0) is 12.6. The Morgan fingerprint density at radius 2 is 1.53 bits per heavy atom. The Labute approximate surface area is 111 Å². The van der Waals surface area contributed by atoms with Crippen LogP contribution in [0.15, 0.2) is 30.3 Å². The molecular formula is C14H24NPS. The first-order valence-corrected chi connectivity index (χ1v) is 9.79. The molecule has 1 nitrogen and oxygen atoms in total. The van der Waals surface area contributed by atoms with Crippen LogP contribution in [0.5, 0.6) is 0 Å². The molecule has 0 aliphatic carbocycles. The lowest BCUT2D eigenvalue weighted by atomic mass is 10.3. The maximum absolute atomic E-state index is 5.91. The summed E-state index contributed by atoms with van der Waals surface area (Å²) >= 11 is 5.91. The van der Waals surface area contributed by atoms with Crippen molar-refractivity contribution in [3.8, 4) is 0 Å². The van der Waals surface area contributed by atoms with Gasteiger partial charge in [0.1, 0.15) is 0 Å². The summed E-state index contributed by atoms with van der Waals surface area (Å²) in [6.45, 7) is 4.48. The number of hydrogen-bond acceptors (Lipinski definition) is 1. The largest absolute Gasteiger partial charge is 0.357 e. The van der Waals surface area contributed by atoms with Crippen LogP contribution in [-0.2, 0) is 11.8 Å². The standard InChI is InChI=1S/C14H24NPS/c1-3-5-12-16(17,13-6-4-2)15-14-10-8-7-9-11-14/h7-11H,3-6,12-13H2,1-2H3,(H,15,17). The summed E-state index contributed by atoms with van der Waals surface area (Å²) < 4.78 is 0. The number of unbranched alkanes of at least 4 members (excludes halogenated alkanes) is 2. The zero-order valence-corrected chi connectivity index (χ0v) is 12.7. The molecule has 0 atom stereocenters. The van der Waals surface area contributed by atoms with E-state index in [9.17, 15) is 0 Å². The zero-order valence-electron chi connectivity index (χ0n) is 11.0. The van der Waals surface area contributed by atoms with Gasteiger partial charge in [0.05, 0.1) is 0 Å². The summed E-state index contributed by atoms with van der Waals surface area (Å²) in [6.07, 6.45) is 5.96. The van der Waals surface area contributed by atoms with E-state index in [-0.39, 0.29) is 0 Å². The number of rotatable bonds is 8. The monoisotopic (exact) mass is 269 g/mol. The highest BCUT2D eigenvalue weighted by Gasteiger charge is 2.15. The Bertz CT molecular complexity index is 338. The SMILES string of the molecule is CCCCP(=S)(CCCC)Nc1ccccc1. The maximum Gasteiger partial charge on any atom is 0.0377 e. The second kappa shape index (κ2) is 7.89. The van der Waals surface area contributed by atoms with Crippen LogP contribution in [0.2, 0.25) is 0 Å². The summed E-state index contributed by atoms with van der Waals surface area (Å²) in [6, 6.07) is 10.4. The van der Waals surface area contributed by atoms with Gasteiger partial charge in [0.2, 0.25) is 0 Å². The van der Waals surface area contributed by atoms with E-state index in [1.165, 1.54) is 43.7 Å². The lowest BCUT2D eigenvalue weighted by Crippen LogP contribution is -2.05. The van der Waals surface area contributed by atoms with Crippen LogP contribution in [0, 0.1) is 0 Å². The normalized spacial score (nSPS) is 11.4. The van der Waals surface area contributed by atoms with Gasteiger partial charge in [-0.1, -0.05) is 56.7 Å². The molecule has 1 aromatic rings. The molecule has 1 rings (SSSR count). The van der Waals surface area contributed by atoms with Gasteiger partial charge in [0.25, 0.3) is 0 Å². The molecule has 0 aliphatic rings. The van der Waals surface area contributed by atoms with E-state index in [0.717, 1.165) is 0 Å². The number of para-hydroxylation sites is 1. The highest BCUT2D eigenvalue weighted by Crippen LogP contribution is 2.47. The van der Waals surface area contributed by atoms with Crippen LogP contribution < -0.4 is 5.09 Å². The van der Waals surface area contributed by atoms with Crippen molar-refractivity contribution < 1.29 is 0 Å². The van der Waals surface area contributed by atoms with Crippen molar-refractivity contribution in [1.82, 2.24) is 0 Å². The van der Waals surface area contributed by atoms with Crippen LogP contribution in [0.3, 0.4) is 0 Å². The first-order chi connectivity index (χ1) is 8.20. The summed E-state index contributed by atoms with van der Waals surface area (Å²) in [5, 5.41) is 3.65. The summed E-state index contributed by atoms with van der Waals surface area (Å²) in [5.41, 5.74) is 1.20. The molecule has 1 N–H and O–H groups in total. The summed E-state index contributed by atoms with van der Waals surface area (Å²) in [5.74, 6) is 0. The Hall–Kier alpha value is -0.330. The number of nitrogens with one attached hydrogen (secondary N) is 1. The Kier molecular flexibility index (Phi) is 6.84. The first-order valence-electron chi connectivity index (χ1n) is 6.61. The molecule has 0 fully saturated rings. The fraction of sp³-hybridized carbons (Fsp3) is 0.571. The second-order valence-electron chi connectivity index (χ2n) is 4.52. The molecular weight excluding hydrogens is 245 g/mol. The van der Waals surface area contributed by atoms with Crippen LogP contribution >= 0.6 is 6.19 Å². The van der Waals surface area contributed by atoms with Gasteiger partial charge in [-0.05, 0) is 37.3 Å². The predicted octanol–water partition coefficient (Wildman–Crippen LogP) is 5.09. The van der Waals surface area contributed by atoms with Crippen molar-refractivity contribution in [2.45, 2.75) is 39.5 Å². The van der Waals surface area contributed by atoms with Gasteiger partial charge in [-0.3, -0.25) is 0 Å². The molecule has 0 aliphatic heterocycles. The van der Waals surface area contributed by atoms with E-state index in [4.69, 9.17) is 11.8 Å². The average molecular weight is 269 g/mol. The molecule has 0 aromatic heterocycles. The third kappa shape index (κ3) is 5.70. The third-order valence-electron chi connectivity index (χ3n) is 2.85. The molecule has 1 aromatic carbocycles. The highest BCUT2D eigenvalue weighted by atomic mass is 32.4. The molecule has 0 spiro atoms. The maximum atomic E-state index is 5.91. The highest BCUT2D eigenvalue weighted by molar-refractivity contribution is 8.15. The van der Waals surface area contributed by atoms with Gasteiger partial charge in [-0.25, -0.2) is 0 Å². The molecule has 3 heteroatoms. The van der Waals surface area contributed by atoms with Crippen LogP contribution in [-0.4, -0.2) is 12.3 Å². The predicted molar refractivity (Wildman–Crippen MR) is 83.9 cm³/mol.